The van der Waals surface area contributed by atoms with Crippen LogP contribution in [0.2, 0.25) is 0 Å². The van der Waals surface area contributed by atoms with Crippen LogP contribution in [-0.4, -0.2) is 43.7 Å². The van der Waals surface area contributed by atoms with Crippen molar-refractivity contribution in [1.82, 2.24) is 9.88 Å². The maximum Gasteiger partial charge on any atom is 0.126 e. The summed E-state index contributed by atoms with van der Waals surface area (Å²) in [5.41, 5.74) is 1.11. The van der Waals surface area contributed by atoms with Crippen LogP contribution in [0.1, 0.15) is 18.5 Å². The SMILES string of the molecule is CNc1cccc(CN(C)CC2CCCOC2)n1. The molecule has 0 aromatic carbocycles. The van der Waals surface area contributed by atoms with Crippen molar-refractivity contribution >= 4 is 5.82 Å². The molecule has 18 heavy (non-hydrogen) atoms. The minimum absolute atomic E-state index is 0.677. The van der Waals surface area contributed by atoms with Crippen molar-refractivity contribution in [3.8, 4) is 0 Å². The molecule has 1 fully saturated rings. The van der Waals surface area contributed by atoms with Crippen molar-refractivity contribution in [2.45, 2.75) is 19.4 Å². The topological polar surface area (TPSA) is 37.4 Å². The van der Waals surface area contributed by atoms with Crippen LogP contribution in [0, 0.1) is 5.92 Å². The van der Waals surface area contributed by atoms with Crippen LogP contribution in [0.3, 0.4) is 0 Å². The normalized spacial score (nSPS) is 20.1. The second kappa shape index (κ2) is 6.71. The Morgan fingerprint density at radius 2 is 2.39 bits per heavy atom. The Hall–Kier alpha value is -1.13. The van der Waals surface area contributed by atoms with E-state index in [-0.39, 0.29) is 0 Å². The van der Waals surface area contributed by atoms with Gasteiger partial charge in [-0.25, -0.2) is 4.98 Å². The molecule has 1 saturated heterocycles. The molecule has 0 amide bonds. The quantitative estimate of drug-likeness (QED) is 0.866. The van der Waals surface area contributed by atoms with Crippen LogP contribution in [0.15, 0.2) is 18.2 Å². The third kappa shape index (κ3) is 3.96. The van der Waals surface area contributed by atoms with E-state index >= 15 is 0 Å². The molecule has 0 radical (unpaired) electrons. The van der Waals surface area contributed by atoms with E-state index in [9.17, 15) is 0 Å². The van der Waals surface area contributed by atoms with E-state index in [2.05, 4.69) is 28.3 Å². The second-order valence-corrected chi connectivity index (χ2v) is 5.04. The molecule has 1 atom stereocenters. The molecule has 0 aliphatic carbocycles. The van der Waals surface area contributed by atoms with Crippen LogP contribution in [-0.2, 0) is 11.3 Å². The van der Waals surface area contributed by atoms with Crippen LogP contribution < -0.4 is 5.32 Å². The van der Waals surface area contributed by atoms with Crippen molar-refractivity contribution in [3.63, 3.8) is 0 Å². The van der Waals surface area contributed by atoms with E-state index < -0.39 is 0 Å². The highest BCUT2D eigenvalue weighted by Gasteiger charge is 2.16. The Labute approximate surface area is 109 Å². The van der Waals surface area contributed by atoms with Crippen LogP contribution >= 0.6 is 0 Å². The van der Waals surface area contributed by atoms with E-state index in [1.807, 2.05) is 19.2 Å². The van der Waals surface area contributed by atoms with Gasteiger partial charge in [0.2, 0.25) is 0 Å². The summed E-state index contributed by atoms with van der Waals surface area (Å²) >= 11 is 0. The molecule has 2 rings (SSSR count). The van der Waals surface area contributed by atoms with Gasteiger partial charge >= 0.3 is 0 Å². The Balaban J connectivity index is 1.83. The average molecular weight is 249 g/mol. The lowest BCUT2D eigenvalue weighted by Gasteiger charge is -2.26. The highest BCUT2D eigenvalue weighted by atomic mass is 16.5. The molecular formula is C14H23N3O. The third-order valence-electron chi connectivity index (χ3n) is 3.32. The largest absolute Gasteiger partial charge is 0.381 e. The lowest BCUT2D eigenvalue weighted by molar-refractivity contribution is 0.0410. The molecule has 0 bridgehead atoms. The number of hydrogen-bond donors (Lipinski definition) is 1. The molecule has 4 heteroatoms. The fourth-order valence-corrected chi connectivity index (χ4v) is 2.44. The summed E-state index contributed by atoms with van der Waals surface area (Å²) in [5.74, 6) is 1.61. The molecule has 0 saturated carbocycles. The molecular weight excluding hydrogens is 226 g/mol. The number of hydrogen-bond acceptors (Lipinski definition) is 4. The van der Waals surface area contributed by atoms with Gasteiger partial charge in [-0.3, -0.25) is 0 Å². The van der Waals surface area contributed by atoms with Gasteiger partial charge < -0.3 is 15.0 Å². The van der Waals surface area contributed by atoms with Crippen LogP contribution in [0.25, 0.3) is 0 Å². The first kappa shape index (κ1) is 13.3. The first-order chi connectivity index (χ1) is 8.78. The summed E-state index contributed by atoms with van der Waals surface area (Å²) in [6, 6.07) is 6.11. The molecule has 1 unspecified atom stereocenters. The Kier molecular flexibility index (Phi) is 4.96. The molecule has 4 nitrogen and oxygen atoms in total. The van der Waals surface area contributed by atoms with Crippen LogP contribution in [0.5, 0.6) is 0 Å². The van der Waals surface area contributed by atoms with Crippen molar-refractivity contribution in [2.75, 3.05) is 39.2 Å². The summed E-state index contributed by atoms with van der Waals surface area (Å²) in [4.78, 5) is 6.87. The van der Waals surface area contributed by atoms with Gasteiger partial charge in [0.25, 0.3) is 0 Å². The predicted molar refractivity (Wildman–Crippen MR) is 73.7 cm³/mol. The highest BCUT2D eigenvalue weighted by Crippen LogP contribution is 2.15. The highest BCUT2D eigenvalue weighted by molar-refractivity contribution is 5.34. The van der Waals surface area contributed by atoms with Crippen LogP contribution in [0.4, 0.5) is 5.82 Å². The molecule has 1 N–H and O–H groups in total. The summed E-state index contributed by atoms with van der Waals surface area (Å²) < 4.78 is 5.52. The van der Waals surface area contributed by atoms with E-state index in [1.54, 1.807) is 0 Å². The first-order valence-corrected chi connectivity index (χ1v) is 6.68. The van der Waals surface area contributed by atoms with Gasteiger partial charge in [-0.05, 0) is 37.9 Å². The third-order valence-corrected chi connectivity index (χ3v) is 3.32. The predicted octanol–water partition coefficient (Wildman–Crippen LogP) is 1.98. The summed E-state index contributed by atoms with van der Waals surface area (Å²) in [7, 11) is 4.05. The zero-order valence-corrected chi connectivity index (χ0v) is 11.4. The molecule has 1 aliphatic rings. The minimum Gasteiger partial charge on any atom is -0.381 e. The van der Waals surface area contributed by atoms with Crippen molar-refractivity contribution < 1.29 is 4.74 Å². The second-order valence-electron chi connectivity index (χ2n) is 5.04. The van der Waals surface area contributed by atoms with Gasteiger partial charge in [0.05, 0.1) is 12.3 Å². The Morgan fingerprint density at radius 1 is 1.50 bits per heavy atom. The maximum absolute atomic E-state index is 5.52. The maximum atomic E-state index is 5.52. The molecule has 1 aromatic rings. The molecule has 0 spiro atoms. The van der Waals surface area contributed by atoms with Crippen molar-refractivity contribution in [3.05, 3.63) is 23.9 Å². The number of aromatic nitrogens is 1. The van der Waals surface area contributed by atoms with Crippen molar-refractivity contribution in [2.24, 2.45) is 5.92 Å². The number of nitrogens with one attached hydrogen (secondary N) is 1. The number of rotatable bonds is 5. The fourth-order valence-electron chi connectivity index (χ4n) is 2.44. The molecule has 1 aromatic heterocycles. The zero-order chi connectivity index (χ0) is 12.8. The standard InChI is InChI=1S/C14H23N3O/c1-15-14-7-3-6-13(16-14)10-17(2)9-12-5-4-8-18-11-12/h3,6-7,12H,4-5,8-11H2,1-2H3,(H,15,16). The van der Waals surface area contributed by atoms with Gasteiger partial charge in [-0.2, -0.15) is 0 Å². The fraction of sp³-hybridized carbons (Fsp3) is 0.643. The summed E-state index contributed by atoms with van der Waals surface area (Å²) in [6.45, 7) is 3.83. The van der Waals surface area contributed by atoms with Gasteiger partial charge in [-0.1, -0.05) is 6.07 Å². The first-order valence-electron chi connectivity index (χ1n) is 6.68. The zero-order valence-electron chi connectivity index (χ0n) is 11.4. The van der Waals surface area contributed by atoms with Gasteiger partial charge in [0, 0.05) is 26.7 Å². The number of anilines is 1. The minimum atomic E-state index is 0.677. The monoisotopic (exact) mass is 249 g/mol. The van der Waals surface area contributed by atoms with E-state index in [0.29, 0.717) is 5.92 Å². The Bertz CT molecular complexity index is 364. The van der Waals surface area contributed by atoms with Gasteiger partial charge in [-0.15, -0.1) is 0 Å². The number of pyridine rings is 1. The average Bonchev–Trinajstić information content (AvgIpc) is 2.40. The van der Waals surface area contributed by atoms with Gasteiger partial charge in [0.1, 0.15) is 5.82 Å². The lowest BCUT2D eigenvalue weighted by Crippen LogP contribution is -2.30. The summed E-state index contributed by atoms with van der Waals surface area (Å²) in [6.07, 6.45) is 2.49. The molecule has 2 heterocycles. The lowest BCUT2D eigenvalue weighted by atomic mass is 10.0. The summed E-state index contributed by atoms with van der Waals surface area (Å²) in [5, 5.41) is 3.07. The van der Waals surface area contributed by atoms with E-state index in [4.69, 9.17) is 4.74 Å². The molecule has 1 aliphatic heterocycles. The molecule has 100 valence electrons. The number of nitrogens with zero attached hydrogens (tertiary/aromatic N) is 2. The Morgan fingerprint density at radius 3 is 3.11 bits per heavy atom. The number of ether oxygens (including phenoxy) is 1. The van der Waals surface area contributed by atoms with E-state index in [1.165, 1.54) is 12.8 Å². The van der Waals surface area contributed by atoms with E-state index in [0.717, 1.165) is 37.8 Å². The van der Waals surface area contributed by atoms with Crippen molar-refractivity contribution in [1.29, 1.82) is 0 Å². The smallest absolute Gasteiger partial charge is 0.126 e. The van der Waals surface area contributed by atoms with Gasteiger partial charge in [0.15, 0.2) is 0 Å².